The molecule has 0 fully saturated rings. The SMILES string of the molecule is Cc1ccc(C)c(C(C)NC(CO)CC(C)C)c1. The van der Waals surface area contributed by atoms with Crippen LogP contribution < -0.4 is 5.32 Å². The number of aliphatic hydroxyl groups is 1. The van der Waals surface area contributed by atoms with E-state index in [2.05, 4.69) is 58.1 Å². The molecule has 0 heterocycles. The molecule has 0 bridgehead atoms. The second kappa shape index (κ2) is 6.91. The Morgan fingerprint density at radius 2 is 1.83 bits per heavy atom. The molecule has 0 aliphatic rings. The van der Waals surface area contributed by atoms with Crippen molar-refractivity contribution < 1.29 is 5.11 Å². The molecule has 2 N–H and O–H groups in total. The second-order valence-electron chi connectivity index (χ2n) is 5.76. The van der Waals surface area contributed by atoms with Crippen molar-refractivity contribution in [3.05, 3.63) is 34.9 Å². The van der Waals surface area contributed by atoms with Gasteiger partial charge in [-0.15, -0.1) is 0 Å². The fourth-order valence-corrected chi connectivity index (χ4v) is 2.43. The minimum absolute atomic E-state index is 0.180. The minimum Gasteiger partial charge on any atom is -0.395 e. The van der Waals surface area contributed by atoms with E-state index in [4.69, 9.17) is 0 Å². The molecule has 0 spiro atoms. The van der Waals surface area contributed by atoms with Crippen LogP contribution in [0.4, 0.5) is 0 Å². The molecule has 0 aromatic heterocycles. The Morgan fingerprint density at radius 1 is 1.17 bits per heavy atom. The van der Waals surface area contributed by atoms with Gasteiger partial charge < -0.3 is 10.4 Å². The highest BCUT2D eigenvalue weighted by Crippen LogP contribution is 2.20. The summed E-state index contributed by atoms with van der Waals surface area (Å²) < 4.78 is 0. The van der Waals surface area contributed by atoms with Crippen molar-refractivity contribution in [2.24, 2.45) is 5.92 Å². The molecule has 102 valence electrons. The summed E-state index contributed by atoms with van der Waals surface area (Å²) in [6.45, 7) is 11.0. The van der Waals surface area contributed by atoms with E-state index in [0.717, 1.165) is 6.42 Å². The van der Waals surface area contributed by atoms with Gasteiger partial charge in [-0.05, 0) is 44.2 Å². The lowest BCUT2D eigenvalue weighted by Crippen LogP contribution is -2.35. The summed E-state index contributed by atoms with van der Waals surface area (Å²) in [4.78, 5) is 0. The van der Waals surface area contributed by atoms with E-state index < -0.39 is 0 Å². The standard InChI is InChI=1S/C16H27NO/c1-11(2)8-15(10-18)17-14(5)16-9-12(3)6-7-13(16)4/h6-7,9,11,14-15,17-18H,8,10H2,1-5H3. The van der Waals surface area contributed by atoms with E-state index in [0.29, 0.717) is 5.92 Å². The predicted octanol–water partition coefficient (Wildman–Crippen LogP) is 3.36. The molecule has 2 atom stereocenters. The first kappa shape index (κ1) is 15.2. The summed E-state index contributed by atoms with van der Waals surface area (Å²) in [6, 6.07) is 7.00. The molecule has 2 unspecified atom stereocenters. The van der Waals surface area contributed by atoms with Crippen molar-refractivity contribution in [2.75, 3.05) is 6.61 Å². The Hall–Kier alpha value is -0.860. The lowest BCUT2D eigenvalue weighted by molar-refractivity contribution is 0.215. The van der Waals surface area contributed by atoms with E-state index >= 15 is 0 Å². The van der Waals surface area contributed by atoms with E-state index in [9.17, 15) is 5.11 Å². The lowest BCUT2D eigenvalue weighted by Gasteiger charge is -2.24. The van der Waals surface area contributed by atoms with Crippen molar-refractivity contribution >= 4 is 0 Å². The molecule has 0 saturated heterocycles. The smallest absolute Gasteiger partial charge is 0.0584 e. The van der Waals surface area contributed by atoms with Crippen molar-refractivity contribution in [3.63, 3.8) is 0 Å². The highest BCUT2D eigenvalue weighted by molar-refractivity contribution is 5.32. The number of aliphatic hydroxyl groups excluding tert-OH is 1. The summed E-state index contributed by atoms with van der Waals surface area (Å²) in [5.74, 6) is 0.598. The Morgan fingerprint density at radius 3 is 2.39 bits per heavy atom. The highest BCUT2D eigenvalue weighted by Gasteiger charge is 2.15. The fourth-order valence-electron chi connectivity index (χ4n) is 2.43. The number of hydrogen-bond donors (Lipinski definition) is 2. The van der Waals surface area contributed by atoms with Gasteiger partial charge in [0, 0.05) is 12.1 Å². The first-order chi connectivity index (χ1) is 8.43. The average Bonchev–Trinajstić information content (AvgIpc) is 2.30. The molecule has 2 heteroatoms. The van der Waals surface area contributed by atoms with Gasteiger partial charge >= 0.3 is 0 Å². The number of aryl methyl sites for hydroxylation is 2. The fraction of sp³-hybridized carbons (Fsp3) is 0.625. The topological polar surface area (TPSA) is 32.3 Å². The predicted molar refractivity (Wildman–Crippen MR) is 77.8 cm³/mol. The van der Waals surface area contributed by atoms with Crippen molar-refractivity contribution in [1.82, 2.24) is 5.32 Å². The van der Waals surface area contributed by atoms with Crippen LogP contribution in [-0.4, -0.2) is 17.8 Å². The monoisotopic (exact) mass is 249 g/mol. The van der Waals surface area contributed by atoms with Crippen molar-refractivity contribution in [2.45, 2.75) is 53.1 Å². The van der Waals surface area contributed by atoms with Crippen molar-refractivity contribution in [3.8, 4) is 0 Å². The Bertz CT molecular complexity index is 373. The molecule has 0 aliphatic heterocycles. The van der Waals surface area contributed by atoms with Gasteiger partial charge in [0.2, 0.25) is 0 Å². The summed E-state index contributed by atoms with van der Waals surface area (Å²) in [5, 5.41) is 13.0. The molecule has 0 aliphatic carbocycles. The molecular formula is C16H27NO. The zero-order chi connectivity index (χ0) is 13.7. The maximum absolute atomic E-state index is 9.43. The van der Waals surface area contributed by atoms with E-state index in [1.165, 1.54) is 16.7 Å². The van der Waals surface area contributed by atoms with Crippen LogP contribution >= 0.6 is 0 Å². The van der Waals surface area contributed by atoms with Crippen LogP contribution in [0.1, 0.15) is 49.9 Å². The summed E-state index contributed by atoms with van der Waals surface area (Å²) in [7, 11) is 0. The van der Waals surface area contributed by atoms with Crippen molar-refractivity contribution in [1.29, 1.82) is 0 Å². The summed E-state index contributed by atoms with van der Waals surface area (Å²) in [5.41, 5.74) is 3.92. The molecule has 2 nitrogen and oxygen atoms in total. The third kappa shape index (κ3) is 4.43. The minimum atomic E-state index is 0.180. The molecular weight excluding hydrogens is 222 g/mol. The summed E-state index contributed by atoms with van der Waals surface area (Å²) in [6.07, 6.45) is 1.01. The first-order valence-electron chi connectivity index (χ1n) is 6.88. The Balaban J connectivity index is 2.74. The van der Waals surface area contributed by atoms with Gasteiger partial charge in [-0.25, -0.2) is 0 Å². The molecule has 0 radical (unpaired) electrons. The van der Waals surface area contributed by atoms with Gasteiger partial charge in [0.25, 0.3) is 0 Å². The number of rotatable bonds is 6. The van der Waals surface area contributed by atoms with Crippen LogP contribution in [-0.2, 0) is 0 Å². The lowest BCUT2D eigenvalue weighted by atomic mass is 9.98. The summed E-state index contributed by atoms with van der Waals surface area (Å²) >= 11 is 0. The van der Waals surface area contributed by atoms with Crippen LogP contribution in [0.5, 0.6) is 0 Å². The van der Waals surface area contributed by atoms with Gasteiger partial charge in [0.1, 0.15) is 0 Å². The molecule has 18 heavy (non-hydrogen) atoms. The Kier molecular flexibility index (Phi) is 5.83. The van der Waals surface area contributed by atoms with E-state index in [-0.39, 0.29) is 18.7 Å². The number of hydrogen-bond acceptors (Lipinski definition) is 2. The number of benzene rings is 1. The quantitative estimate of drug-likeness (QED) is 0.810. The molecule has 0 amide bonds. The first-order valence-corrected chi connectivity index (χ1v) is 6.88. The zero-order valence-electron chi connectivity index (χ0n) is 12.3. The van der Waals surface area contributed by atoms with Crippen LogP contribution in [0.15, 0.2) is 18.2 Å². The third-order valence-corrected chi connectivity index (χ3v) is 3.36. The normalized spacial score (nSPS) is 14.8. The van der Waals surface area contributed by atoms with E-state index in [1.807, 2.05) is 0 Å². The van der Waals surface area contributed by atoms with Gasteiger partial charge in [0.15, 0.2) is 0 Å². The van der Waals surface area contributed by atoms with Crippen LogP contribution in [0.25, 0.3) is 0 Å². The maximum atomic E-state index is 9.43. The average molecular weight is 249 g/mol. The Labute approximate surface area is 111 Å². The molecule has 1 aromatic carbocycles. The third-order valence-electron chi connectivity index (χ3n) is 3.36. The number of nitrogens with one attached hydrogen (secondary N) is 1. The molecule has 1 aromatic rings. The molecule has 0 saturated carbocycles. The van der Waals surface area contributed by atoms with Crippen LogP contribution in [0.2, 0.25) is 0 Å². The highest BCUT2D eigenvalue weighted by atomic mass is 16.3. The van der Waals surface area contributed by atoms with Gasteiger partial charge in [-0.1, -0.05) is 37.6 Å². The second-order valence-corrected chi connectivity index (χ2v) is 5.76. The molecule has 1 rings (SSSR count). The van der Waals surface area contributed by atoms with Crippen LogP contribution in [0, 0.1) is 19.8 Å². The zero-order valence-corrected chi connectivity index (χ0v) is 12.3. The van der Waals surface area contributed by atoms with Gasteiger partial charge in [-0.3, -0.25) is 0 Å². The van der Waals surface area contributed by atoms with E-state index in [1.54, 1.807) is 0 Å². The maximum Gasteiger partial charge on any atom is 0.0584 e. The van der Waals surface area contributed by atoms with Gasteiger partial charge in [0.05, 0.1) is 6.61 Å². The largest absolute Gasteiger partial charge is 0.395 e. The van der Waals surface area contributed by atoms with Gasteiger partial charge in [-0.2, -0.15) is 0 Å². The van der Waals surface area contributed by atoms with Crippen LogP contribution in [0.3, 0.4) is 0 Å².